The molecule has 24 heavy (non-hydrogen) atoms. The normalized spacial score (nSPS) is 13.9. The summed E-state index contributed by atoms with van der Waals surface area (Å²) in [6.07, 6.45) is -0.939. The first-order valence-electron chi connectivity index (χ1n) is 8.07. The molecule has 1 aromatic rings. The predicted octanol–water partition coefficient (Wildman–Crippen LogP) is 1.97. The Kier molecular flexibility index (Phi) is 7.88. The summed E-state index contributed by atoms with van der Waals surface area (Å²) in [7, 11) is 0. The maximum Gasteiger partial charge on any atom is 0.319 e. The summed E-state index contributed by atoms with van der Waals surface area (Å²) >= 11 is 0. The Morgan fingerprint density at radius 3 is 2.38 bits per heavy atom. The lowest BCUT2D eigenvalue weighted by atomic mass is 9.94. The monoisotopic (exact) mass is 337 g/mol. The van der Waals surface area contributed by atoms with Crippen LogP contribution < -0.4 is 5.32 Å². The fourth-order valence-corrected chi connectivity index (χ4v) is 2.15. The van der Waals surface area contributed by atoms with Crippen molar-refractivity contribution >= 4 is 11.9 Å². The van der Waals surface area contributed by atoms with Crippen molar-refractivity contribution in [1.29, 1.82) is 0 Å². The molecule has 0 aliphatic carbocycles. The topological polar surface area (TPSA) is 84.9 Å². The molecule has 0 heterocycles. The van der Waals surface area contributed by atoms with Gasteiger partial charge in [-0.3, -0.25) is 14.9 Å². The molecule has 2 N–H and O–H groups in total. The number of esters is 2. The van der Waals surface area contributed by atoms with E-state index in [1.54, 1.807) is 27.7 Å². The van der Waals surface area contributed by atoms with Crippen LogP contribution in [0.2, 0.25) is 0 Å². The van der Waals surface area contributed by atoms with Gasteiger partial charge in [-0.1, -0.05) is 30.3 Å². The van der Waals surface area contributed by atoms with E-state index in [0.29, 0.717) is 0 Å². The zero-order valence-electron chi connectivity index (χ0n) is 14.7. The van der Waals surface area contributed by atoms with Crippen LogP contribution in [0.3, 0.4) is 0 Å². The van der Waals surface area contributed by atoms with Crippen molar-refractivity contribution in [2.75, 3.05) is 13.2 Å². The SMILES string of the molecule is CCOC(=O)CNC(O)CC(C(=O)OC(C)(C)C)c1ccccc1. The van der Waals surface area contributed by atoms with Crippen LogP contribution in [-0.2, 0) is 19.1 Å². The van der Waals surface area contributed by atoms with Crippen LogP contribution in [0.4, 0.5) is 0 Å². The Labute approximate surface area is 143 Å². The van der Waals surface area contributed by atoms with Crippen molar-refractivity contribution in [2.45, 2.75) is 51.9 Å². The second-order valence-electron chi connectivity index (χ2n) is 6.43. The quantitative estimate of drug-likeness (QED) is 0.557. The van der Waals surface area contributed by atoms with Crippen molar-refractivity contribution in [3.63, 3.8) is 0 Å². The number of carbonyl (C=O) groups is 2. The van der Waals surface area contributed by atoms with Crippen molar-refractivity contribution < 1.29 is 24.2 Å². The largest absolute Gasteiger partial charge is 0.465 e. The van der Waals surface area contributed by atoms with E-state index in [1.807, 2.05) is 30.3 Å². The summed E-state index contributed by atoms with van der Waals surface area (Å²) < 4.78 is 10.2. The smallest absolute Gasteiger partial charge is 0.319 e. The molecule has 0 spiro atoms. The lowest BCUT2D eigenvalue weighted by molar-refractivity contribution is -0.157. The minimum Gasteiger partial charge on any atom is -0.465 e. The van der Waals surface area contributed by atoms with Crippen molar-refractivity contribution in [3.05, 3.63) is 35.9 Å². The van der Waals surface area contributed by atoms with Gasteiger partial charge in [0.25, 0.3) is 0 Å². The fraction of sp³-hybridized carbons (Fsp3) is 0.556. The van der Waals surface area contributed by atoms with Gasteiger partial charge in [-0.15, -0.1) is 0 Å². The van der Waals surface area contributed by atoms with Crippen molar-refractivity contribution in [2.24, 2.45) is 0 Å². The molecule has 1 rings (SSSR count). The van der Waals surface area contributed by atoms with E-state index in [9.17, 15) is 14.7 Å². The Morgan fingerprint density at radius 1 is 1.21 bits per heavy atom. The average molecular weight is 337 g/mol. The molecule has 0 saturated carbocycles. The third-order valence-corrected chi connectivity index (χ3v) is 3.14. The van der Waals surface area contributed by atoms with Gasteiger partial charge in [0.15, 0.2) is 0 Å². The van der Waals surface area contributed by atoms with Crippen LogP contribution in [0.15, 0.2) is 30.3 Å². The van der Waals surface area contributed by atoms with Crippen LogP contribution in [-0.4, -0.2) is 42.0 Å². The average Bonchev–Trinajstić information content (AvgIpc) is 2.50. The number of rotatable bonds is 8. The molecule has 6 heteroatoms. The number of aliphatic hydroxyl groups is 1. The molecule has 0 aromatic heterocycles. The first kappa shape index (κ1) is 20.1. The number of ether oxygens (including phenoxy) is 2. The molecule has 0 aliphatic heterocycles. The van der Waals surface area contributed by atoms with E-state index < -0.39 is 29.7 Å². The van der Waals surface area contributed by atoms with Gasteiger partial charge in [-0.25, -0.2) is 0 Å². The molecule has 134 valence electrons. The van der Waals surface area contributed by atoms with Crippen molar-refractivity contribution in [1.82, 2.24) is 5.32 Å². The van der Waals surface area contributed by atoms with Crippen LogP contribution >= 0.6 is 0 Å². The van der Waals surface area contributed by atoms with Gasteiger partial charge in [-0.2, -0.15) is 0 Å². The van der Waals surface area contributed by atoms with E-state index >= 15 is 0 Å². The van der Waals surface area contributed by atoms with Gasteiger partial charge in [0.1, 0.15) is 11.8 Å². The highest BCUT2D eigenvalue weighted by molar-refractivity contribution is 5.78. The molecule has 0 amide bonds. The van der Waals surface area contributed by atoms with E-state index in [-0.39, 0.29) is 19.6 Å². The van der Waals surface area contributed by atoms with Gasteiger partial charge in [0.05, 0.1) is 19.1 Å². The molecular weight excluding hydrogens is 310 g/mol. The summed E-state index contributed by atoms with van der Waals surface area (Å²) in [6, 6.07) is 9.13. The first-order chi connectivity index (χ1) is 11.2. The lowest BCUT2D eigenvalue weighted by Gasteiger charge is -2.25. The standard InChI is InChI=1S/C18H27NO5/c1-5-23-16(21)12-19-15(20)11-14(13-9-7-6-8-10-13)17(22)24-18(2,3)4/h6-10,14-15,19-20H,5,11-12H2,1-4H3. The van der Waals surface area contributed by atoms with E-state index in [0.717, 1.165) is 5.56 Å². The molecule has 1 aromatic carbocycles. The summed E-state index contributed by atoms with van der Waals surface area (Å²) in [5.41, 5.74) is 0.136. The van der Waals surface area contributed by atoms with Crippen LogP contribution in [0, 0.1) is 0 Å². The molecule has 0 saturated heterocycles. The maximum absolute atomic E-state index is 12.5. The Hall–Kier alpha value is -1.92. The summed E-state index contributed by atoms with van der Waals surface area (Å²) in [6.45, 7) is 7.25. The van der Waals surface area contributed by atoms with Gasteiger partial charge < -0.3 is 14.6 Å². The number of benzene rings is 1. The summed E-state index contributed by atoms with van der Waals surface area (Å²) in [4.78, 5) is 23.8. The van der Waals surface area contributed by atoms with E-state index in [4.69, 9.17) is 9.47 Å². The Morgan fingerprint density at radius 2 is 1.83 bits per heavy atom. The Balaban J connectivity index is 2.75. The molecule has 0 radical (unpaired) electrons. The van der Waals surface area contributed by atoms with Gasteiger partial charge >= 0.3 is 11.9 Å². The zero-order valence-corrected chi connectivity index (χ0v) is 14.7. The summed E-state index contributed by atoms with van der Waals surface area (Å²) in [5.74, 6) is -1.49. The van der Waals surface area contributed by atoms with Crippen LogP contribution in [0.25, 0.3) is 0 Å². The number of hydrogen-bond donors (Lipinski definition) is 2. The third kappa shape index (κ3) is 7.57. The predicted molar refractivity (Wildman–Crippen MR) is 90.3 cm³/mol. The molecule has 2 atom stereocenters. The third-order valence-electron chi connectivity index (χ3n) is 3.14. The van der Waals surface area contributed by atoms with Crippen LogP contribution in [0.1, 0.15) is 45.6 Å². The minimum absolute atomic E-state index is 0.0956. The van der Waals surface area contributed by atoms with Gasteiger partial charge in [-0.05, 0) is 33.3 Å². The van der Waals surface area contributed by atoms with Gasteiger partial charge in [0, 0.05) is 6.42 Å². The second kappa shape index (κ2) is 9.39. The highest BCUT2D eigenvalue weighted by Gasteiger charge is 2.28. The zero-order chi connectivity index (χ0) is 18.2. The highest BCUT2D eigenvalue weighted by atomic mass is 16.6. The van der Waals surface area contributed by atoms with E-state index in [2.05, 4.69) is 5.32 Å². The number of carbonyl (C=O) groups excluding carboxylic acids is 2. The van der Waals surface area contributed by atoms with Gasteiger partial charge in [0.2, 0.25) is 0 Å². The van der Waals surface area contributed by atoms with Crippen molar-refractivity contribution in [3.8, 4) is 0 Å². The maximum atomic E-state index is 12.5. The number of aliphatic hydroxyl groups excluding tert-OH is 1. The summed E-state index contributed by atoms with van der Waals surface area (Å²) in [5, 5.41) is 12.8. The molecule has 0 aliphatic rings. The first-order valence-corrected chi connectivity index (χ1v) is 8.07. The highest BCUT2D eigenvalue weighted by Crippen LogP contribution is 2.25. The second-order valence-corrected chi connectivity index (χ2v) is 6.43. The molecule has 2 unspecified atom stereocenters. The molecule has 0 fully saturated rings. The molecule has 6 nitrogen and oxygen atoms in total. The number of hydrogen-bond acceptors (Lipinski definition) is 6. The molecular formula is C18H27NO5. The Bertz CT molecular complexity index is 524. The molecule has 0 bridgehead atoms. The number of nitrogens with one attached hydrogen (secondary N) is 1. The van der Waals surface area contributed by atoms with Crippen LogP contribution in [0.5, 0.6) is 0 Å². The fourth-order valence-electron chi connectivity index (χ4n) is 2.15. The van der Waals surface area contributed by atoms with E-state index in [1.165, 1.54) is 0 Å². The lowest BCUT2D eigenvalue weighted by Crippen LogP contribution is -2.37. The minimum atomic E-state index is -1.04.